The van der Waals surface area contributed by atoms with E-state index in [4.69, 9.17) is 17.3 Å². The Labute approximate surface area is 96.5 Å². The Morgan fingerprint density at radius 2 is 2.19 bits per heavy atom. The van der Waals surface area contributed by atoms with Gasteiger partial charge in [-0.2, -0.15) is 0 Å². The van der Waals surface area contributed by atoms with Gasteiger partial charge in [-0.3, -0.25) is 9.36 Å². The van der Waals surface area contributed by atoms with E-state index < -0.39 is 0 Å². The molecular weight excluding hydrogens is 228 g/mol. The summed E-state index contributed by atoms with van der Waals surface area (Å²) in [6.07, 6.45) is 1.54. The summed E-state index contributed by atoms with van der Waals surface area (Å²) < 4.78 is 1.37. The Bertz CT molecular complexity index is 567. The van der Waals surface area contributed by atoms with Crippen molar-refractivity contribution in [3.05, 3.63) is 51.8 Å². The third-order valence-corrected chi connectivity index (χ3v) is 2.35. The van der Waals surface area contributed by atoms with Crippen molar-refractivity contribution >= 4 is 17.4 Å². The van der Waals surface area contributed by atoms with Gasteiger partial charge < -0.3 is 5.73 Å². The molecule has 0 radical (unpaired) electrons. The van der Waals surface area contributed by atoms with Crippen LogP contribution in [0.15, 0.2) is 35.3 Å². The number of aromatic nitrogens is 3. The van der Waals surface area contributed by atoms with Crippen LogP contribution in [-0.2, 0) is 6.54 Å². The molecule has 0 aliphatic heterocycles. The first-order valence-corrected chi connectivity index (χ1v) is 4.97. The molecule has 0 fully saturated rings. The second-order valence-corrected chi connectivity index (χ2v) is 3.56. The fourth-order valence-electron chi connectivity index (χ4n) is 1.28. The van der Waals surface area contributed by atoms with Crippen LogP contribution in [0.5, 0.6) is 0 Å². The molecule has 2 rings (SSSR count). The lowest BCUT2D eigenvalue weighted by molar-refractivity contribution is 0.716. The summed E-state index contributed by atoms with van der Waals surface area (Å²) in [6.45, 7) is 0.212. The van der Waals surface area contributed by atoms with Crippen LogP contribution in [0, 0.1) is 0 Å². The first-order chi connectivity index (χ1) is 7.66. The third kappa shape index (κ3) is 2.20. The van der Waals surface area contributed by atoms with Crippen molar-refractivity contribution in [2.24, 2.45) is 0 Å². The second kappa shape index (κ2) is 4.32. The molecule has 16 heavy (non-hydrogen) atoms. The van der Waals surface area contributed by atoms with E-state index in [9.17, 15) is 4.79 Å². The Hall–Kier alpha value is -1.88. The quantitative estimate of drug-likeness (QED) is 0.787. The standard InChI is InChI=1S/C10H9ClN4O/c11-7-2-1-3-10(16)15(7)6-9-13-5-4-8(12)14-9/h1-5H,6H2,(H2,12,13,14). The van der Waals surface area contributed by atoms with E-state index in [-0.39, 0.29) is 12.1 Å². The van der Waals surface area contributed by atoms with E-state index in [1.165, 1.54) is 10.6 Å². The zero-order chi connectivity index (χ0) is 11.5. The number of hydrogen-bond acceptors (Lipinski definition) is 4. The third-order valence-electron chi connectivity index (χ3n) is 2.02. The van der Waals surface area contributed by atoms with Crippen molar-refractivity contribution in [3.8, 4) is 0 Å². The number of rotatable bonds is 2. The number of halogens is 1. The van der Waals surface area contributed by atoms with E-state index in [1.54, 1.807) is 24.4 Å². The van der Waals surface area contributed by atoms with Crippen LogP contribution < -0.4 is 11.3 Å². The largest absolute Gasteiger partial charge is 0.384 e. The molecule has 0 aromatic carbocycles. The molecule has 2 heterocycles. The maximum Gasteiger partial charge on any atom is 0.252 e. The summed E-state index contributed by atoms with van der Waals surface area (Å²) in [5.41, 5.74) is 5.32. The Balaban J connectivity index is 2.38. The molecule has 0 amide bonds. The minimum atomic E-state index is -0.196. The summed E-state index contributed by atoms with van der Waals surface area (Å²) in [5.74, 6) is 0.820. The highest BCUT2D eigenvalue weighted by Gasteiger charge is 2.04. The highest BCUT2D eigenvalue weighted by Crippen LogP contribution is 2.06. The van der Waals surface area contributed by atoms with Gasteiger partial charge in [0.2, 0.25) is 0 Å². The number of anilines is 1. The predicted octanol–water partition coefficient (Wildman–Crippen LogP) is 0.922. The molecule has 0 aliphatic rings. The lowest BCUT2D eigenvalue weighted by Gasteiger charge is -2.06. The molecule has 2 aromatic rings. The molecule has 6 heteroatoms. The summed E-state index contributed by atoms with van der Waals surface area (Å²) in [4.78, 5) is 19.5. The Morgan fingerprint density at radius 3 is 2.88 bits per heavy atom. The molecule has 0 atom stereocenters. The maximum atomic E-state index is 11.5. The number of nitrogens with two attached hydrogens (primary N) is 1. The normalized spacial score (nSPS) is 10.3. The van der Waals surface area contributed by atoms with E-state index in [1.807, 2.05) is 0 Å². The molecule has 0 saturated carbocycles. The monoisotopic (exact) mass is 236 g/mol. The molecule has 0 spiro atoms. The first kappa shape index (κ1) is 10.6. The fourth-order valence-corrected chi connectivity index (χ4v) is 1.50. The lowest BCUT2D eigenvalue weighted by Crippen LogP contribution is -2.21. The highest BCUT2D eigenvalue weighted by molar-refractivity contribution is 6.29. The minimum Gasteiger partial charge on any atom is -0.384 e. The van der Waals surface area contributed by atoms with Crippen LogP contribution in [0.1, 0.15) is 5.82 Å². The molecule has 2 aromatic heterocycles. The average Bonchev–Trinajstić information content (AvgIpc) is 2.24. The van der Waals surface area contributed by atoms with Crippen LogP contribution in [0.3, 0.4) is 0 Å². The minimum absolute atomic E-state index is 0.196. The maximum absolute atomic E-state index is 11.5. The summed E-state index contributed by atoms with van der Waals surface area (Å²) >= 11 is 5.90. The van der Waals surface area contributed by atoms with Crippen LogP contribution >= 0.6 is 11.6 Å². The summed E-state index contributed by atoms with van der Waals surface area (Å²) in [6, 6.07) is 6.24. The van der Waals surface area contributed by atoms with Gasteiger partial charge in [0, 0.05) is 12.3 Å². The van der Waals surface area contributed by atoms with Crippen molar-refractivity contribution in [1.29, 1.82) is 0 Å². The van der Waals surface area contributed by atoms with E-state index in [0.29, 0.717) is 16.8 Å². The second-order valence-electron chi connectivity index (χ2n) is 3.17. The van der Waals surface area contributed by atoms with Gasteiger partial charge >= 0.3 is 0 Å². The number of nitrogens with zero attached hydrogens (tertiary/aromatic N) is 3. The molecule has 0 unspecified atom stereocenters. The molecule has 0 aliphatic carbocycles. The Morgan fingerprint density at radius 1 is 1.38 bits per heavy atom. The van der Waals surface area contributed by atoms with Crippen molar-refractivity contribution in [1.82, 2.24) is 14.5 Å². The van der Waals surface area contributed by atoms with Gasteiger partial charge in [-0.15, -0.1) is 0 Å². The zero-order valence-corrected chi connectivity index (χ0v) is 9.05. The molecule has 0 saturated heterocycles. The van der Waals surface area contributed by atoms with Crippen LogP contribution in [0.4, 0.5) is 5.82 Å². The van der Waals surface area contributed by atoms with Gasteiger partial charge in [-0.1, -0.05) is 17.7 Å². The Kier molecular flexibility index (Phi) is 2.87. The summed E-state index contributed by atoms with van der Waals surface area (Å²) in [5, 5.41) is 0.346. The number of hydrogen-bond donors (Lipinski definition) is 1. The number of pyridine rings is 1. The molecule has 82 valence electrons. The SMILES string of the molecule is Nc1ccnc(Cn2c(Cl)cccc2=O)n1. The van der Waals surface area contributed by atoms with Crippen molar-refractivity contribution in [2.75, 3.05) is 5.73 Å². The van der Waals surface area contributed by atoms with Crippen molar-refractivity contribution in [3.63, 3.8) is 0 Å². The molecule has 5 nitrogen and oxygen atoms in total. The van der Waals surface area contributed by atoms with Gasteiger partial charge in [0.15, 0.2) is 0 Å². The van der Waals surface area contributed by atoms with E-state index in [2.05, 4.69) is 9.97 Å². The van der Waals surface area contributed by atoms with Crippen LogP contribution in [-0.4, -0.2) is 14.5 Å². The van der Waals surface area contributed by atoms with Crippen molar-refractivity contribution < 1.29 is 0 Å². The van der Waals surface area contributed by atoms with Crippen molar-refractivity contribution in [2.45, 2.75) is 6.54 Å². The van der Waals surface area contributed by atoms with E-state index >= 15 is 0 Å². The van der Waals surface area contributed by atoms with Gasteiger partial charge in [0.05, 0.1) is 6.54 Å². The zero-order valence-electron chi connectivity index (χ0n) is 8.30. The average molecular weight is 237 g/mol. The predicted molar refractivity (Wildman–Crippen MR) is 61.3 cm³/mol. The summed E-state index contributed by atoms with van der Waals surface area (Å²) in [7, 11) is 0. The van der Waals surface area contributed by atoms with Crippen LogP contribution in [0.2, 0.25) is 5.15 Å². The lowest BCUT2D eigenvalue weighted by atomic mass is 10.4. The smallest absolute Gasteiger partial charge is 0.252 e. The van der Waals surface area contributed by atoms with Crippen LogP contribution in [0.25, 0.3) is 0 Å². The number of nitrogen functional groups attached to an aromatic ring is 1. The molecule has 2 N–H and O–H groups in total. The first-order valence-electron chi connectivity index (χ1n) is 4.59. The van der Waals surface area contributed by atoms with Gasteiger partial charge in [0.25, 0.3) is 5.56 Å². The molecular formula is C10H9ClN4O. The van der Waals surface area contributed by atoms with Gasteiger partial charge in [0.1, 0.15) is 16.8 Å². The topological polar surface area (TPSA) is 73.8 Å². The van der Waals surface area contributed by atoms with E-state index in [0.717, 1.165) is 0 Å². The van der Waals surface area contributed by atoms with Gasteiger partial charge in [-0.05, 0) is 12.1 Å². The highest BCUT2D eigenvalue weighted by atomic mass is 35.5. The molecule has 0 bridgehead atoms. The van der Waals surface area contributed by atoms with Gasteiger partial charge in [-0.25, -0.2) is 9.97 Å². The fraction of sp³-hybridized carbons (Fsp3) is 0.100.